The van der Waals surface area contributed by atoms with E-state index in [2.05, 4.69) is 26.1 Å². The lowest BCUT2D eigenvalue weighted by atomic mass is 9.96. The van der Waals surface area contributed by atoms with Gasteiger partial charge in [-0.3, -0.25) is 14.8 Å². The van der Waals surface area contributed by atoms with E-state index in [9.17, 15) is 9.18 Å². The molecule has 3 aromatic carbocycles. The normalized spacial score (nSPS) is 15.5. The summed E-state index contributed by atoms with van der Waals surface area (Å²) in [4.78, 5) is 15.1. The fourth-order valence-corrected chi connectivity index (χ4v) is 4.20. The van der Waals surface area contributed by atoms with Crippen LogP contribution in [0.15, 0.2) is 77.3 Å². The molecule has 1 aliphatic rings. The van der Waals surface area contributed by atoms with Gasteiger partial charge in [0.2, 0.25) is 0 Å². The average Bonchev–Trinajstić information content (AvgIpc) is 3.28. The predicted octanol–water partition coefficient (Wildman–Crippen LogP) is 6.04. The van der Waals surface area contributed by atoms with E-state index in [4.69, 9.17) is 0 Å². The molecule has 148 valence electrons. The van der Waals surface area contributed by atoms with Crippen molar-refractivity contribution in [2.45, 2.75) is 13.0 Å². The number of hydrogen-bond donors (Lipinski definition) is 1. The second kappa shape index (κ2) is 7.22. The molecule has 0 saturated heterocycles. The summed E-state index contributed by atoms with van der Waals surface area (Å²) in [5.74, 6) is -0.523. The van der Waals surface area contributed by atoms with E-state index in [1.165, 1.54) is 12.1 Å². The average molecular weight is 462 g/mol. The van der Waals surface area contributed by atoms with Gasteiger partial charge in [-0.2, -0.15) is 5.10 Å². The number of benzene rings is 3. The summed E-state index contributed by atoms with van der Waals surface area (Å²) < 4.78 is 15.1. The standard InChI is InChI=1S/C24H17BrFN3O/c1-14-5-11-19(12-6-14)29-23(16-3-2-4-18(26)13-16)20-21(27-28-22(20)24(29)30)15-7-9-17(25)10-8-15/h2-13,23H,1H3,(H,27,28)/t23-/m1/s1. The highest BCUT2D eigenvalue weighted by Gasteiger charge is 2.43. The fourth-order valence-electron chi connectivity index (χ4n) is 3.94. The summed E-state index contributed by atoms with van der Waals surface area (Å²) in [6, 6.07) is 21.4. The van der Waals surface area contributed by atoms with Crippen LogP contribution in [0.25, 0.3) is 11.3 Å². The van der Waals surface area contributed by atoms with Crippen molar-refractivity contribution in [3.05, 3.63) is 105 Å². The van der Waals surface area contributed by atoms with Gasteiger partial charge in [0.15, 0.2) is 0 Å². The van der Waals surface area contributed by atoms with Gasteiger partial charge in [0.05, 0.1) is 11.7 Å². The van der Waals surface area contributed by atoms with Gasteiger partial charge in [-0.1, -0.05) is 57.9 Å². The largest absolute Gasteiger partial charge is 0.295 e. The summed E-state index contributed by atoms with van der Waals surface area (Å²) in [5.41, 5.74) is 5.32. The first kappa shape index (κ1) is 18.8. The van der Waals surface area contributed by atoms with Crippen molar-refractivity contribution >= 4 is 27.5 Å². The molecule has 1 aliphatic heterocycles. The Morgan fingerprint density at radius 1 is 1.03 bits per heavy atom. The van der Waals surface area contributed by atoms with Crippen LogP contribution in [0, 0.1) is 12.7 Å². The Hall–Kier alpha value is -3.25. The van der Waals surface area contributed by atoms with Gasteiger partial charge in [0.25, 0.3) is 5.91 Å². The van der Waals surface area contributed by atoms with Crippen LogP contribution in [-0.2, 0) is 0 Å². The van der Waals surface area contributed by atoms with Gasteiger partial charge in [-0.25, -0.2) is 4.39 Å². The van der Waals surface area contributed by atoms with E-state index in [1.54, 1.807) is 11.0 Å². The maximum Gasteiger partial charge on any atom is 0.277 e. The van der Waals surface area contributed by atoms with Crippen molar-refractivity contribution in [1.29, 1.82) is 0 Å². The number of carbonyl (C=O) groups excluding carboxylic acids is 1. The number of nitrogens with zero attached hydrogens (tertiary/aromatic N) is 2. The summed E-state index contributed by atoms with van der Waals surface area (Å²) in [6.45, 7) is 2.00. The van der Waals surface area contributed by atoms with Crippen LogP contribution in [0.5, 0.6) is 0 Å². The molecule has 1 atom stereocenters. The van der Waals surface area contributed by atoms with Gasteiger partial charge in [0.1, 0.15) is 11.5 Å². The van der Waals surface area contributed by atoms with E-state index < -0.39 is 6.04 Å². The molecule has 5 rings (SSSR count). The lowest BCUT2D eigenvalue weighted by Crippen LogP contribution is -2.29. The summed E-state index contributed by atoms with van der Waals surface area (Å²) in [6.07, 6.45) is 0. The molecular formula is C24H17BrFN3O. The molecule has 1 N–H and O–H groups in total. The third-order valence-corrected chi connectivity index (χ3v) is 5.89. The van der Waals surface area contributed by atoms with E-state index >= 15 is 0 Å². The molecule has 1 aromatic heterocycles. The maximum atomic E-state index is 14.1. The van der Waals surface area contributed by atoms with E-state index in [0.717, 1.165) is 26.9 Å². The molecule has 4 aromatic rings. The molecule has 4 nitrogen and oxygen atoms in total. The highest BCUT2D eigenvalue weighted by molar-refractivity contribution is 9.10. The number of fused-ring (bicyclic) bond motifs is 1. The van der Waals surface area contributed by atoms with Crippen LogP contribution < -0.4 is 4.90 Å². The van der Waals surface area contributed by atoms with Crippen molar-refractivity contribution < 1.29 is 9.18 Å². The predicted molar refractivity (Wildman–Crippen MR) is 118 cm³/mol. The number of carbonyl (C=O) groups is 1. The lowest BCUT2D eigenvalue weighted by molar-refractivity contribution is 0.0988. The topological polar surface area (TPSA) is 49.0 Å². The Balaban J connectivity index is 1.72. The van der Waals surface area contributed by atoms with E-state index in [-0.39, 0.29) is 11.7 Å². The molecule has 0 bridgehead atoms. The maximum absolute atomic E-state index is 14.1. The molecule has 30 heavy (non-hydrogen) atoms. The number of rotatable bonds is 3. The van der Waals surface area contributed by atoms with Gasteiger partial charge in [0, 0.05) is 21.3 Å². The number of aromatic nitrogens is 2. The van der Waals surface area contributed by atoms with Crippen LogP contribution in [0.4, 0.5) is 10.1 Å². The Morgan fingerprint density at radius 3 is 2.47 bits per heavy atom. The first-order valence-electron chi connectivity index (χ1n) is 9.53. The molecule has 0 spiro atoms. The highest BCUT2D eigenvalue weighted by atomic mass is 79.9. The van der Waals surface area contributed by atoms with Crippen molar-refractivity contribution in [1.82, 2.24) is 10.2 Å². The third kappa shape index (κ3) is 3.04. The number of nitrogens with one attached hydrogen (secondary N) is 1. The molecule has 0 fully saturated rings. The molecule has 1 amide bonds. The number of aryl methyl sites for hydroxylation is 1. The van der Waals surface area contributed by atoms with Crippen LogP contribution in [-0.4, -0.2) is 16.1 Å². The number of halogens is 2. The summed E-state index contributed by atoms with van der Waals surface area (Å²) in [7, 11) is 0. The van der Waals surface area contributed by atoms with Gasteiger partial charge >= 0.3 is 0 Å². The van der Waals surface area contributed by atoms with Crippen molar-refractivity contribution in [3.63, 3.8) is 0 Å². The Labute approximate surface area is 181 Å². The van der Waals surface area contributed by atoms with Crippen LogP contribution in [0.3, 0.4) is 0 Å². The Kier molecular flexibility index (Phi) is 4.51. The lowest BCUT2D eigenvalue weighted by Gasteiger charge is -2.26. The first-order chi connectivity index (χ1) is 14.5. The Bertz CT molecular complexity index is 1250. The van der Waals surface area contributed by atoms with E-state index in [1.807, 2.05) is 61.5 Å². The SMILES string of the molecule is Cc1ccc(N2C(=O)c3[nH]nc(-c4ccc(Br)cc4)c3[C@H]2c2cccc(F)c2)cc1. The molecule has 0 aliphatic carbocycles. The van der Waals surface area contributed by atoms with Gasteiger partial charge < -0.3 is 0 Å². The zero-order chi connectivity index (χ0) is 20.8. The van der Waals surface area contributed by atoms with Crippen molar-refractivity contribution in [2.75, 3.05) is 4.90 Å². The number of anilines is 1. The second-order valence-electron chi connectivity index (χ2n) is 7.34. The minimum atomic E-state index is -0.483. The zero-order valence-electron chi connectivity index (χ0n) is 16.1. The van der Waals surface area contributed by atoms with Crippen molar-refractivity contribution in [2.24, 2.45) is 0 Å². The molecular weight excluding hydrogens is 445 g/mol. The smallest absolute Gasteiger partial charge is 0.277 e. The minimum Gasteiger partial charge on any atom is -0.295 e. The van der Waals surface area contributed by atoms with Gasteiger partial charge in [-0.15, -0.1) is 0 Å². The number of H-pyrrole nitrogens is 1. The minimum absolute atomic E-state index is 0.182. The molecule has 6 heteroatoms. The van der Waals surface area contributed by atoms with E-state index in [0.29, 0.717) is 17.0 Å². The molecule has 2 heterocycles. The van der Waals surface area contributed by atoms with Crippen LogP contribution in [0.1, 0.15) is 33.2 Å². The second-order valence-corrected chi connectivity index (χ2v) is 8.25. The third-order valence-electron chi connectivity index (χ3n) is 5.36. The number of amides is 1. The summed E-state index contributed by atoms with van der Waals surface area (Å²) >= 11 is 3.45. The number of hydrogen-bond acceptors (Lipinski definition) is 2. The monoisotopic (exact) mass is 461 g/mol. The molecule has 0 saturated carbocycles. The zero-order valence-corrected chi connectivity index (χ0v) is 17.7. The van der Waals surface area contributed by atoms with Crippen molar-refractivity contribution in [3.8, 4) is 11.3 Å². The molecule has 0 unspecified atom stereocenters. The fraction of sp³-hybridized carbons (Fsp3) is 0.0833. The summed E-state index contributed by atoms with van der Waals surface area (Å²) in [5, 5.41) is 7.37. The molecule has 0 radical (unpaired) electrons. The first-order valence-corrected chi connectivity index (χ1v) is 10.3. The van der Waals surface area contributed by atoms with Crippen LogP contribution >= 0.6 is 15.9 Å². The Morgan fingerprint density at radius 2 is 1.77 bits per heavy atom. The highest BCUT2D eigenvalue weighted by Crippen LogP contribution is 2.45. The quantitative estimate of drug-likeness (QED) is 0.404. The van der Waals surface area contributed by atoms with Gasteiger partial charge in [-0.05, 0) is 48.9 Å². The number of aromatic amines is 1. The van der Waals surface area contributed by atoms with Crippen LogP contribution in [0.2, 0.25) is 0 Å².